The predicted molar refractivity (Wildman–Crippen MR) is 81.3 cm³/mol. The first-order valence-corrected chi connectivity index (χ1v) is 6.79. The average Bonchev–Trinajstić information content (AvgIpc) is 3.06. The molecular weight excluding hydrogens is 266 g/mol. The highest BCUT2D eigenvalue weighted by atomic mass is 16.2. The highest BCUT2D eigenvalue weighted by molar-refractivity contribution is 6.09. The van der Waals surface area contributed by atoms with Gasteiger partial charge in [-0.3, -0.25) is 9.59 Å². The molecule has 0 fully saturated rings. The van der Waals surface area contributed by atoms with Gasteiger partial charge in [-0.05, 0) is 25.1 Å². The number of nitrogens with zero attached hydrogens (tertiary/aromatic N) is 1. The van der Waals surface area contributed by atoms with Crippen LogP contribution < -0.4 is 5.73 Å². The molecule has 2 rings (SSSR count). The fourth-order valence-corrected chi connectivity index (χ4v) is 1.96. The van der Waals surface area contributed by atoms with E-state index < -0.39 is 0 Å². The molecule has 0 bridgehead atoms. The van der Waals surface area contributed by atoms with E-state index >= 15 is 0 Å². The van der Waals surface area contributed by atoms with Gasteiger partial charge in [0, 0.05) is 48.7 Å². The van der Waals surface area contributed by atoms with E-state index in [2.05, 4.69) is 4.98 Å². The van der Waals surface area contributed by atoms with Gasteiger partial charge in [0.25, 0.3) is 5.91 Å². The van der Waals surface area contributed by atoms with Crippen molar-refractivity contribution < 1.29 is 9.59 Å². The topological polar surface area (TPSA) is 79.2 Å². The van der Waals surface area contributed by atoms with Gasteiger partial charge >= 0.3 is 0 Å². The van der Waals surface area contributed by atoms with Gasteiger partial charge in [-0.25, -0.2) is 0 Å². The van der Waals surface area contributed by atoms with Crippen molar-refractivity contribution in [3.05, 3.63) is 59.4 Å². The minimum atomic E-state index is -0.103. The van der Waals surface area contributed by atoms with Gasteiger partial charge in [0.2, 0.25) is 0 Å². The van der Waals surface area contributed by atoms with Crippen molar-refractivity contribution in [3.8, 4) is 0 Å². The first-order chi connectivity index (χ1) is 10.0. The smallest absolute Gasteiger partial charge is 0.253 e. The third-order valence-corrected chi connectivity index (χ3v) is 3.58. The molecule has 1 heterocycles. The Balaban J connectivity index is 2.16. The molecule has 110 valence electrons. The molecular formula is C16H19N3O2. The zero-order valence-electron chi connectivity index (χ0n) is 12.2. The molecule has 0 aliphatic heterocycles. The van der Waals surface area contributed by atoms with Crippen LogP contribution in [0.1, 0.15) is 33.2 Å². The molecule has 0 aliphatic rings. The summed E-state index contributed by atoms with van der Waals surface area (Å²) in [5.74, 6) is -0.174. The van der Waals surface area contributed by atoms with E-state index in [0.29, 0.717) is 23.2 Å². The van der Waals surface area contributed by atoms with Gasteiger partial charge in [0.1, 0.15) is 0 Å². The Morgan fingerprint density at radius 2 is 1.76 bits per heavy atom. The Hall–Kier alpha value is -2.40. The number of hydrogen-bond acceptors (Lipinski definition) is 3. The van der Waals surface area contributed by atoms with Gasteiger partial charge in [-0.15, -0.1) is 0 Å². The Labute approximate surface area is 123 Å². The molecule has 21 heavy (non-hydrogen) atoms. The molecule has 0 aliphatic carbocycles. The predicted octanol–water partition coefficient (Wildman–Crippen LogP) is 1.66. The Morgan fingerprint density at radius 1 is 1.14 bits per heavy atom. The van der Waals surface area contributed by atoms with Gasteiger partial charge in [-0.2, -0.15) is 0 Å². The summed E-state index contributed by atoms with van der Waals surface area (Å²) in [6, 6.07) is 8.37. The van der Waals surface area contributed by atoms with Gasteiger partial charge < -0.3 is 15.6 Å². The molecule has 0 radical (unpaired) electrons. The first-order valence-electron chi connectivity index (χ1n) is 6.79. The summed E-state index contributed by atoms with van der Waals surface area (Å²) in [6.07, 6.45) is 3.35. The van der Waals surface area contributed by atoms with Crippen molar-refractivity contribution in [2.24, 2.45) is 5.73 Å². The molecule has 1 aromatic heterocycles. The molecule has 1 aromatic carbocycles. The van der Waals surface area contributed by atoms with Crippen LogP contribution in [0.25, 0.3) is 0 Å². The molecule has 1 atom stereocenters. The number of carbonyl (C=O) groups is 2. The Morgan fingerprint density at radius 3 is 2.29 bits per heavy atom. The summed E-state index contributed by atoms with van der Waals surface area (Å²) in [5.41, 5.74) is 7.27. The van der Waals surface area contributed by atoms with E-state index in [1.807, 2.05) is 6.92 Å². The van der Waals surface area contributed by atoms with E-state index in [-0.39, 0.29) is 17.7 Å². The van der Waals surface area contributed by atoms with Crippen LogP contribution in [0, 0.1) is 0 Å². The minimum Gasteiger partial charge on any atom is -0.367 e. The second-order valence-electron chi connectivity index (χ2n) is 5.01. The van der Waals surface area contributed by atoms with Crippen molar-refractivity contribution in [1.82, 2.24) is 9.88 Å². The highest BCUT2D eigenvalue weighted by Crippen LogP contribution is 2.12. The van der Waals surface area contributed by atoms with E-state index in [0.717, 1.165) is 0 Å². The van der Waals surface area contributed by atoms with Crippen molar-refractivity contribution in [2.45, 2.75) is 13.0 Å². The third kappa shape index (κ3) is 3.20. The van der Waals surface area contributed by atoms with Gasteiger partial charge in [0.05, 0.1) is 0 Å². The molecule has 5 nitrogen and oxygen atoms in total. The summed E-state index contributed by atoms with van der Waals surface area (Å²) >= 11 is 0. The number of ketones is 1. The second kappa shape index (κ2) is 6.37. The quantitative estimate of drug-likeness (QED) is 0.820. The zero-order valence-corrected chi connectivity index (χ0v) is 12.2. The lowest BCUT2D eigenvalue weighted by atomic mass is 10.0. The Bertz CT molecular complexity index is 617. The SMILES string of the molecule is CC(CN)N(C)C(=O)c1ccc(C(=O)c2cc[nH]c2)cc1. The lowest BCUT2D eigenvalue weighted by molar-refractivity contribution is 0.0748. The van der Waals surface area contributed by atoms with Gasteiger partial charge in [-0.1, -0.05) is 12.1 Å². The number of H-pyrrole nitrogens is 1. The fourth-order valence-electron chi connectivity index (χ4n) is 1.96. The number of hydrogen-bond donors (Lipinski definition) is 2. The summed E-state index contributed by atoms with van der Waals surface area (Å²) in [4.78, 5) is 28.8. The molecule has 2 aromatic rings. The summed E-state index contributed by atoms with van der Waals surface area (Å²) in [6.45, 7) is 2.30. The molecule has 5 heteroatoms. The van der Waals surface area contributed by atoms with E-state index in [9.17, 15) is 9.59 Å². The van der Waals surface area contributed by atoms with Crippen LogP contribution in [0.15, 0.2) is 42.7 Å². The second-order valence-corrected chi connectivity index (χ2v) is 5.01. The van der Waals surface area contributed by atoms with Crippen molar-refractivity contribution >= 4 is 11.7 Å². The van der Waals surface area contributed by atoms with Crippen LogP contribution >= 0.6 is 0 Å². The monoisotopic (exact) mass is 285 g/mol. The maximum absolute atomic E-state index is 12.2. The van der Waals surface area contributed by atoms with Crippen molar-refractivity contribution in [3.63, 3.8) is 0 Å². The van der Waals surface area contributed by atoms with E-state index in [4.69, 9.17) is 5.73 Å². The van der Waals surface area contributed by atoms with E-state index in [1.165, 1.54) is 0 Å². The number of benzene rings is 1. The lowest BCUT2D eigenvalue weighted by Gasteiger charge is -2.23. The van der Waals surface area contributed by atoms with Crippen LogP contribution in [0.5, 0.6) is 0 Å². The number of nitrogens with one attached hydrogen (secondary N) is 1. The van der Waals surface area contributed by atoms with Crippen LogP contribution in [-0.2, 0) is 0 Å². The van der Waals surface area contributed by atoms with Crippen molar-refractivity contribution in [1.29, 1.82) is 0 Å². The standard InChI is InChI=1S/C16H19N3O2/c1-11(9-17)19(2)16(21)13-5-3-12(4-6-13)15(20)14-7-8-18-10-14/h3-8,10-11,18H,9,17H2,1-2H3. The average molecular weight is 285 g/mol. The minimum absolute atomic E-state index is 0.0290. The largest absolute Gasteiger partial charge is 0.367 e. The molecule has 1 unspecified atom stereocenters. The fraction of sp³-hybridized carbons (Fsp3) is 0.250. The number of amides is 1. The molecule has 1 amide bonds. The van der Waals surface area contributed by atoms with Crippen LogP contribution in [0.2, 0.25) is 0 Å². The van der Waals surface area contributed by atoms with Crippen LogP contribution in [0.3, 0.4) is 0 Å². The Kier molecular flexibility index (Phi) is 4.55. The van der Waals surface area contributed by atoms with Crippen LogP contribution in [-0.4, -0.2) is 41.2 Å². The number of rotatable bonds is 5. The number of likely N-dealkylation sites (N-methyl/N-ethyl adjacent to an activating group) is 1. The molecule has 0 spiro atoms. The third-order valence-electron chi connectivity index (χ3n) is 3.58. The summed E-state index contributed by atoms with van der Waals surface area (Å²) in [5, 5.41) is 0. The highest BCUT2D eigenvalue weighted by Gasteiger charge is 2.17. The first kappa shape index (κ1) is 15.0. The van der Waals surface area contributed by atoms with E-state index in [1.54, 1.807) is 54.7 Å². The summed E-state index contributed by atoms with van der Waals surface area (Å²) < 4.78 is 0. The number of nitrogens with two attached hydrogens (primary N) is 1. The number of carbonyl (C=O) groups excluding carboxylic acids is 2. The number of aromatic nitrogens is 1. The van der Waals surface area contributed by atoms with Gasteiger partial charge in [0.15, 0.2) is 5.78 Å². The molecule has 0 saturated carbocycles. The van der Waals surface area contributed by atoms with Crippen molar-refractivity contribution in [2.75, 3.05) is 13.6 Å². The zero-order chi connectivity index (χ0) is 15.4. The number of aromatic amines is 1. The lowest BCUT2D eigenvalue weighted by Crippen LogP contribution is -2.39. The van der Waals surface area contributed by atoms with Crippen LogP contribution in [0.4, 0.5) is 0 Å². The molecule has 0 saturated heterocycles. The maximum atomic E-state index is 12.2. The maximum Gasteiger partial charge on any atom is 0.253 e. The molecule has 3 N–H and O–H groups in total. The normalized spacial score (nSPS) is 12.0. The summed E-state index contributed by atoms with van der Waals surface area (Å²) in [7, 11) is 1.72.